The molecule has 1 aromatic heterocycles. The second-order valence-corrected chi connectivity index (χ2v) is 10.8. The summed E-state index contributed by atoms with van der Waals surface area (Å²) in [6.45, 7) is 6.42. The minimum atomic E-state index is -0.908. The van der Waals surface area contributed by atoms with Gasteiger partial charge in [0.2, 0.25) is 5.91 Å². The summed E-state index contributed by atoms with van der Waals surface area (Å²) in [6, 6.07) is 9.44. The molecule has 12 heteroatoms. The number of benzene rings is 1. The van der Waals surface area contributed by atoms with Gasteiger partial charge in [0.15, 0.2) is 6.04 Å². The maximum Gasteiger partial charge on any atom is 0.426 e. The fraction of sp³-hybridized carbons (Fsp3) is 0.464. The van der Waals surface area contributed by atoms with Gasteiger partial charge in [0, 0.05) is 70.5 Å². The van der Waals surface area contributed by atoms with Crippen LogP contribution in [0.2, 0.25) is 0 Å². The molecule has 1 unspecified atom stereocenters. The SMILES string of the molecule is N=c1ccc(N2CCN(CC3CCN(c4ccc(C(=O)O)cc4)CC3)CC2)cn1C(=O)[NH2+]C1CCC(=O)NC1=O. The standard InChI is InChI=1S/C28H35N7O5/c29-24-7-5-22(18-35(24)28(40)30-23-6-8-25(36)31-26(23)37)34-15-13-32(14-16-34)17-19-9-11-33(12-10-19)21-3-1-20(2-4-21)27(38)39/h1-5,7,18-19,23,29H,6,8-17H2,(H,30,40)(H,38,39)(H,31,36,37)/p+1. The molecule has 12 nitrogen and oxygen atoms in total. The predicted molar refractivity (Wildman–Crippen MR) is 146 cm³/mol. The fourth-order valence-corrected chi connectivity index (χ4v) is 5.72. The second kappa shape index (κ2) is 12.0. The van der Waals surface area contributed by atoms with Crippen molar-refractivity contribution in [3.8, 4) is 0 Å². The molecule has 3 saturated heterocycles. The molecule has 212 valence electrons. The van der Waals surface area contributed by atoms with E-state index in [4.69, 9.17) is 10.5 Å². The highest BCUT2D eigenvalue weighted by atomic mass is 16.4. The van der Waals surface area contributed by atoms with E-state index in [-0.39, 0.29) is 17.8 Å². The van der Waals surface area contributed by atoms with Gasteiger partial charge in [-0.1, -0.05) is 0 Å². The number of piperazine rings is 1. The maximum atomic E-state index is 12.9. The summed E-state index contributed by atoms with van der Waals surface area (Å²) < 4.78 is 1.26. The molecule has 3 aliphatic heterocycles. The van der Waals surface area contributed by atoms with Gasteiger partial charge < -0.3 is 14.9 Å². The number of quaternary nitrogens is 1. The van der Waals surface area contributed by atoms with Crippen LogP contribution in [0, 0.1) is 11.3 Å². The molecule has 5 N–H and O–H groups in total. The number of carbonyl (C=O) groups is 4. The number of nitrogens with one attached hydrogen (secondary N) is 2. The van der Waals surface area contributed by atoms with Crippen molar-refractivity contribution >= 4 is 35.2 Å². The van der Waals surface area contributed by atoms with Crippen LogP contribution in [0.15, 0.2) is 42.6 Å². The first kappa shape index (κ1) is 27.5. The zero-order valence-corrected chi connectivity index (χ0v) is 22.4. The van der Waals surface area contributed by atoms with Crippen LogP contribution in [0.4, 0.5) is 16.2 Å². The number of imide groups is 1. The van der Waals surface area contributed by atoms with Crippen molar-refractivity contribution in [3.05, 3.63) is 53.6 Å². The number of amides is 3. The van der Waals surface area contributed by atoms with Gasteiger partial charge in [-0.05, 0) is 55.2 Å². The van der Waals surface area contributed by atoms with E-state index in [0.29, 0.717) is 17.9 Å². The van der Waals surface area contributed by atoms with Crippen molar-refractivity contribution in [3.63, 3.8) is 0 Å². The minimum absolute atomic E-state index is 0.0418. The van der Waals surface area contributed by atoms with Crippen LogP contribution < -0.4 is 25.9 Å². The number of hydrogen-bond donors (Lipinski definition) is 4. The number of carbonyl (C=O) groups excluding carboxylic acids is 3. The van der Waals surface area contributed by atoms with Crippen molar-refractivity contribution in [2.75, 3.05) is 55.6 Å². The third-order valence-corrected chi connectivity index (χ3v) is 8.14. The Morgan fingerprint density at radius 1 is 0.900 bits per heavy atom. The predicted octanol–water partition coefficient (Wildman–Crippen LogP) is 0.0411. The molecule has 3 aliphatic rings. The van der Waals surface area contributed by atoms with Gasteiger partial charge in [-0.2, -0.15) is 0 Å². The Labute approximate surface area is 232 Å². The summed E-state index contributed by atoms with van der Waals surface area (Å²) >= 11 is 0. The summed E-state index contributed by atoms with van der Waals surface area (Å²) in [6.07, 6.45) is 4.35. The lowest BCUT2D eigenvalue weighted by Crippen LogP contribution is -2.97. The first-order valence-electron chi connectivity index (χ1n) is 13.8. The number of aromatic nitrogens is 1. The van der Waals surface area contributed by atoms with Crippen LogP contribution in [0.3, 0.4) is 0 Å². The summed E-state index contributed by atoms with van der Waals surface area (Å²) in [5.74, 6) is -1.09. The smallest absolute Gasteiger partial charge is 0.426 e. The van der Waals surface area contributed by atoms with E-state index in [0.717, 1.165) is 70.0 Å². The van der Waals surface area contributed by atoms with Gasteiger partial charge in [0.05, 0.1) is 11.3 Å². The van der Waals surface area contributed by atoms with E-state index in [2.05, 4.69) is 20.0 Å². The number of nitrogens with zero attached hydrogens (tertiary/aromatic N) is 4. The third kappa shape index (κ3) is 6.40. The van der Waals surface area contributed by atoms with Crippen LogP contribution in [0.1, 0.15) is 36.0 Å². The van der Waals surface area contributed by atoms with E-state index in [1.54, 1.807) is 24.4 Å². The number of hydrogen-bond acceptors (Lipinski definition) is 8. The van der Waals surface area contributed by atoms with Crippen LogP contribution in [-0.2, 0) is 9.59 Å². The fourth-order valence-electron chi connectivity index (χ4n) is 5.72. The quantitative estimate of drug-likeness (QED) is 0.368. The molecule has 5 rings (SSSR count). The Bertz CT molecular complexity index is 1330. The summed E-state index contributed by atoms with van der Waals surface area (Å²) in [5.41, 5.74) is 2.28. The van der Waals surface area contributed by atoms with Crippen molar-refractivity contribution < 1.29 is 29.6 Å². The number of nitrogens with two attached hydrogens (primary N) is 1. The Balaban J connectivity index is 1.10. The topological polar surface area (TPSA) is 156 Å². The van der Waals surface area contributed by atoms with Crippen molar-refractivity contribution in [2.24, 2.45) is 5.92 Å². The molecular formula is C28H36N7O5+. The average Bonchev–Trinajstić information content (AvgIpc) is 2.96. The molecule has 0 spiro atoms. The molecule has 0 radical (unpaired) electrons. The highest BCUT2D eigenvalue weighted by Gasteiger charge is 2.32. The molecule has 0 aliphatic carbocycles. The van der Waals surface area contributed by atoms with Gasteiger partial charge in [-0.25, -0.2) is 14.2 Å². The number of aromatic carboxylic acids is 1. The van der Waals surface area contributed by atoms with Crippen molar-refractivity contribution in [2.45, 2.75) is 31.7 Å². The number of carboxylic acids is 1. The summed E-state index contributed by atoms with van der Waals surface area (Å²) in [5, 5.41) is 20.9. The van der Waals surface area contributed by atoms with Gasteiger partial charge in [0.25, 0.3) is 5.91 Å². The molecule has 40 heavy (non-hydrogen) atoms. The molecule has 4 heterocycles. The van der Waals surface area contributed by atoms with E-state index >= 15 is 0 Å². The monoisotopic (exact) mass is 550 g/mol. The van der Waals surface area contributed by atoms with Crippen LogP contribution in [0.5, 0.6) is 0 Å². The number of primary amides is 1. The largest absolute Gasteiger partial charge is 0.478 e. The second-order valence-electron chi connectivity index (χ2n) is 10.8. The number of pyridine rings is 1. The average molecular weight is 551 g/mol. The van der Waals surface area contributed by atoms with E-state index in [1.807, 2.05) is 18.2 Å². The third-order valence-electron chi connectivity index (χ3n) is 8.14. The Kier molecular flexibility index (Phi) is 8.27. The highest BCUT2D eigenvalue weighted by molar-refractivity contribution is 5.99. The maximum absolute atomic E-state index is 12.9. The number of anilines is 2. The molecule has 3 fully saturated rings. The molecule has 3 amide bonds. The lowest BCUT2D eigenvalue weighted by atomic mass is 9.95. The lowest BCUT2D eigenvalue weighted by Gasteiger charge is -2.40. The summed E-state index contributed by atoms with van der Waals surface area (Å²) in [7, 11) is 0. The van der Waals surface area contributed by atoms with Gasteiger partial charge in [-0.15, -0.1) is 0 Å². The van der Waals surface area contributed by atoms with E-state index in [9.17, 15) is 19.2 Å². The lowest BCUT2D eigenvalue weighted by molar-refractivity contribution is -0.583. The highest BCUT2D eigenvalue weighted by Crippen LogP contribution is 2.25. The Morgan fingerprint density at radius 2 is 1.55 bits per heavy atom. The van der Waals surface area contributed by atoms with Gasteiger partial charge in [-0.3, -0.25) is 30.5 Å². The van der Waals surface area contributed by atoms with E-state index < -0.39 is 23.9 Å². The molecule has 1 atom stereocenters. The molecular weight excluding hydrogens is 514 g/mol. The van der Waals surface area contributed by atoms with Crippen LogP contribution in [0.25, 0.3) is 0 Å². The van der Waals surface area contributed by atoms with Crippen molar-refractivity contribution in [1.82, 2.24) is 14.8 Å². The van der Waals surface area contributed by atoms with Crippen molar-refractivity contribution in [1.29, 1.82) is 5.41 Å². The zero-order chi connectivity index (χ0) is 28.2. The molecule has 1 aromatic carbocycles. The molecule has 0 bridgehead atoms. The normalized spacial score (nSPS) is 20.9. The number of piperidine rings is 2. The minimum Gasteiger partial charge on any atom is -0.478 e. The number of rotatable bonds is 6. The number of carboxylic acid groups (broad SMARTS) is 1. The Morgan fingerprint density at radius 3 is 2.20 bits per heavy atom. The molecule has 0 saturated carbocycles. The van der Waals surface area contributed by atoms with Gasteiger partial charge in [0.1, 0.15) is 5.49 Å². The summed E-state index contributed by atoms with van der Waals surface area (Å²) in [4.78, 5) is 54.5. The van der Waals surface area contributed by atoms with Gasteiger partial charge >= 0.3 is 12.0 Å². The van der Waals surface area contributed by atoms with Crippen LogP contribution in [-0.4, -0.2) is 90.2 Å². The first-order chi connectivity index (χ1) is 19.3. The molecule has 2 aromatic rings. The zero-order valence-electron chi connectivity index (χ0n) is 22.4. The van der Waals surface area contributed by atoms with E-state index in [1.165, 1.54) is 9.88 Å². The van der Waals surface area contributed by atoms with Crippen LogP contribution >= 0.6 is 0 Å². The Hall–Kier alpha value is -4.03. The first-order valence-corrected chi connectivity index (χ1v) is 13.8.